The SMILES string of the molecule is COc1ccc(COc2cc(C)ccc2C(C)O)c(F)c1. The molecular weight excluding hydrogens is 271 g/mol. The largest absolute Gasteiger partial charge is 0.497 e. The first-order chi connectivity index (χ1) is 10.0. The van der Waals surface area contributed by atoms with E-state index < -0.39 is 6.10 Å². The summed E-state index contributed by atoms with van der Waals surface area (Å²) in [6, 6.07) is 10.2. The summed E-state index contributed by atoms with van der Waals surface area (Å²) in [5.74, 6) is 0.664. The average molecular weight is 290 g/mol. The molecule has 0 aliphatic carbocycles. The Kier molecular flexibility index (Phi) is 4.81. The van der Waals surface area contributed by atoms with Crippen LogP contribution < -0.4 is 9.47 Å². The van der Waals surface area contributed by atoms with Crippen molar-refractivity contribution < 1.29 is 19.0 Å². The van der Waals surface area contributed by atoms with Crippen molar-refractivity contribution in [3.05, 3.63) is 58.9 Å². The van der Waals surface area contributed by atoms with Crippen molar-refractivity contribution in [1.82, 2.24) is 0 Å². The van der Waals surface area contributed by atoms with Crippen LogP contribution in [0.2, 0.25) is 0 Å². The number of aryl methyl sites for hydroxylation is 1. The molecular formula is C17H19FO3. The van der Waals surface area contributed by atoms with Crippen LogP contribution in [0.15, 0.2) is 36.4 Å². The van der Waals surface area contributed by atoms with Gasteiger partial charge in [-0.25, -0.2) is 4.39 Å². The van der Waals surface area contributed by atoms with Crippen molar-refractivity contribution in [2.75, 3.05) is 7.11 Å². The fourth-order valence-electron chi connectivity index (χ4n) is 2.04. The van der Waals surface area contributed by atoms with E-state index in [4.69, 9.17) is 9.47 Å². The molecule has 0 fully saturated rings. The van der Waals surface area contributed by atoms with Gasteiger partial charge in [0.25, 0.3) is 0 Å². The third-order valence-electron chi connectivity index (χ3n) is 3.26. The number of aliphatic hydroxyl groups excluding tert-OH is 1. The van der Waals surface area contributed by atoms with Gasteiger partial charge in [0, 0.05) is 17.2 Å². The van der Waals surface area contributed by atoms with Gasteiger partial charge < -0.3 is 14.6 Å². The smallest absolute Gasteiger partial charge is 0.133 e. The van der Waals surface area contributed by atoms with Gasteiger partial charge in [-0.2, -0.15) is 0 Å². The molecule has 3 nitrogen and oxygen atoms in total. The lowest BCUT2D eigenvalue weighted by molar-refractivity contribution is 0.190. The minimum atomic E-state index is -0.638. The zero-order chi connectivity index (χ0) is 15.4. The number of halogens is 1. The maximum atomic E-state index is 13.9. The van der Waals surface area contributed by atoms with Crippen LogP contribution in [-0.4, -0.2) is 12.2 Å². The maximum Gasteiger partial charge on any atom is 0.133 e. The van der Waals surface area contributed by atoms with Gasteiger partial charge in [-0.05, 0) is 37.6 Å². The van der Waals surface area contributed by atoms with Crippen LogP contribution in [0.25, 0.3) is 0 Å². The molecule has 0 aromatic heterocycles. The van der Waals surface area contributed by atoms with Gasteiger partial charge in [-0.3, -0.25) is 0 Å². The van der Waals surface area contributed by atoms with Crippen LogP contribution in [0.3, 0.4) is 0 Å². The Morgan fingerprint density at radius 1 is 1.19 bits per heavy atom. The lowest BCUT2D eigenvalue weighted by atomic mass is 10.1. The maximum absolute atomic E-state index is 13.9. The fourth-order valence-corrected chi connectivity index (χ4v) is 2.04. The molecule has 0 saturated carbocycles. The lowest BCUT2D eigenvalue weighted by Gasteiger charge is -2.15. The van der Waals surface area contributed by atoms with E-state index in [1.54, 1.807) is 19.1 Å². The quantitative estimate of drug-likeness (QED) is 0.911. The normalized spacial score (nSPS) is 12.0. The molecule has 0 saturated heterocycles. The van der Waals surface area contributed by atoms with Gasteiger partial charge in [0.1, 0.15) is 23.9 Å². The number of methoxy groups -OCH3 is 1. The van der Waals surface area contributed by atoms with E-state index >= 15 is 0 Å². The molecule has 0 amide bonds. The lowest BCUT2D eigenvalue weighted by Crippen LogP contribution is -2.03. The summed E-state index contributed by atoms with van der Waals surface area (Å²) in [6.07, 6.45) is -0.638. The first-order valence-corrected chi connectivity index (χ1v) is 6.75. The molecule has 0 bridgehead atoms. The Hall–Kier alpha value is -2.07. The van der Waals surface area contributed by atoms with Crippen molar-refractivity contribution in [2.45, 2.75) is 26.6 Å². The molecule has 2 aromatic carbocycles. The highest BCUT2D eigenvalue weighted by Crippen LogP contribution is 2.27. The highest BCUT2D eigenvalue weighted by Gasteiger charge is 2.11. The van der Waals surface area contributed by atoms with Crippen LogP contribution in [-0.2, 0) is 6.61 Å². The summed E-state index contributed by atoms with van der Waals surface area (Å²) in [4.78, 5) is 0. The minimum Gasteiger partial charge on any atom is -0.497 e. The molecule has 2 rings (SSSR count). The van der Waals surface area contributed by atoms with Gasteiger partial charge in [0.05, 0.1) is 13.2 Å². The Morgan fingerprint density at radius 3 is 2.57 bits per heavy atom. The molecule has 112 valence electrons. The predicted octanol–water partition coefficient (Wildman–Crippen LogP) is 3.78. The van der Waals surface area contributed by atoms with Gasteiger partial charge >= 0.3 is 0 Å². The zero-order valence-electron chi connectivity index (χ0n) is 12.4. The van der Waals surface area contributed by atoms with Crippen LogP contribution in [0, 0.1) is 12.7 Å². The third-order valence-corrected chi connectivity index (χ3v) is 3.26. The highest BCUT2D eigenvalue weighted by molar-refractivity contribution is 5.39. The molecule has 0 spiro atoms. The molecule has 2 aromatic rings. The molecule has 21 heavy (non-hydrogen) atoms. The Morgan fingerprint density at radius 2 is 1.95 bits per heavy atom. The summed E-state index contributed by atoms with van der Waals surface area (Å²) < 4.78 is 24.5. The van der Waals surface area contributed by atoms with Crippen molar-refractivity contribution in [1.29, 1.82) is 0 Å². The first-order valence-electron chi connectivity index (χ1n) is 6.75. The second-order valence-electron chi connectivity index (χ2n) is 4.96. The fraction of sp³-hybridized carbons (Fsp3) is 0.294. The molecule has 1 unspecified atom stereocenters. The zero-order valence-corrected chi connectivity index (χ0v) is 12.4. The van der Waals surface area contributed by atoms with E-state index in [1.807, 2.05) is 25.1 Å². The topological polar surface area (TPSA) is 38.7 Å². The van der Waals surface area contributed by atoms with Gasteiger partial charge in [-0.15, -0.1) is 0 Å². The van der Waals surface area contributed by atoms with Crippen LogP contribution in [0.4, 0.5) is 4.39 Å². The highest BCUT2D eigenvalue weighted by atomic mass is 19.1. The molecule has 0 heterocycles. The molecule has 0 aliphatic rings. The standard InChI is InChI=1S/C17H19FO3/c1-11-4-7-15(12(2)19)17(8-11)21-10-13-5-6-14(20-3)9-16(13)18/h4-9,12,19H,10H2,1-3H3. The van der Waals surface area contributed by atoms with Gasteiger partial charge in [0.15, 0.2) is 0 Å². The Labute approximate surface area is 124 Å². The van der Waals surface area contributed by atoms with E-state index in [9.17, 15) is 9.50 Å². The van der Waals surface area contributed by atoms with Crippen LogP contribution >= 0.6 is 0 Å². The van der Waals surface area contributed by atoms with Crippen LogP contribution in [0.1, 0.15) is 29.7 Å². The summed E-state index contributed by atoms with van der Waals surface area (Å²) in [6.45, 7) is 3.71. The molecule has 0 radical (unpaired) electrons. The summed E-state index contributed by atoms with van der Waals surface area (Å²) in [5.41, 5.74) is 2.15. The number of ether oxygens (including phenoxy) is 2. The van der Waals surface area contributed by atoms with Crippen molar-refractivity contribution in [3.63, 3.8) is 0 Å². The summed E-state index contributed by atoms with van der Waals surface area (Å²) in [5, 5.41) is 9.74. The number of hydrogen-bond acceptors (Lipinski definition) is 3. The second kappa shape index (κ2) is 6.59. The van der Waals surface area contributed by atoms with E-state index in [0.29, 0.717) is 22.6 Å². The Bertz CT molecular complexity index is 623. The van der Waals surface area contributed by atoms with Crippen molar-refractivity contribution >= 4 is 0 Å². The van der Waals surface area contributed by atoms with E-state index in [-0.39, 0.29) is 12.4 Å². The van der Waals surface area contributed by atoms with Gasteiger partial charge in [0.2, 0.25) is 0 Å². The average Bonchev–Trinajstić information content (AvgIpc) is 2.45. The molecule has 1 atom stereocenters. The number of rotatable bonds is 5. The van der Waals surface area contributed by atoms with Gasteiger partial charge in [-0.1, -0.05) is 12.1 Å². The molecule has 4 heteroatoms. The number of hydrogen-bond donors (Lipinski definition) is 1. The first kappa shape index (κ1) is 15.3. The van der Waals surface area contributed by atoms with E-state index in [1.165, 1.54) is 13.2 Å². The van der Waals surface area contributed by atoms with E-state index in [0.717, 1.165) is 5.56 Å². The number of aliphatic hydroxyl groups is 1. The van der Waals surface area contributed by atoms with E-state index in [2.05, 4.69) is 0 Å². The molecule has 0 aliphatic heterocycles. The van der Waals surface area contributed by atoms with Crippen molar-refractivity contribution in [2.24, 2.45) is 0 Å². The summed E-state index contributed by atoms with van der Waals surface area (Å²) >= 11 is 0. The van der Waals surface area contributed by atoms with Crippen molar-refractivity contribution in [3.8, 4) is 11.5 Å². The predicted molar refractivity (Wildman–Crippen MR) is 79.1 cm³/mol. The Balaban J connectivity index is 2.18. The monoisotopic (exact) mass is 290 g/mol. The number of benzene rings is 2. The van der Waals surface area contributed by atoms with Crippen LogP contribution in [0.5, 0.6) is 11.5 Å². The minimum absolute atomic E-state index is 0.0962. The third kappa shape index (κ3) is 3.73. The molecule has 1 N–H and O–H groups in total. The summed E-state index contributed by atoms with van der Waals surface area (Å²) in [7, 11) is 1.49. The second-order valence-corrected chi connectivity index (χ2v) is 4.96.